The van der Waals surface area contributed by atoms with Gasteiger partial charge < -0.3 is 4.74 Å². The SMILES string of the molecule is C1=CC2Oc3cc(-c4ccccc4)cc(-c4nc(-c5ccc6c(c5)C(c5ccccc5)(c5ccccc5)c5ccccc5-6)nc(-c5ccc6cc(-c7ccccc7)ccc6c5)n4)c3C2C=C1. The quantitative estimate of drug-likeness (QED) is 0.160. The Kier molecular flexibility index (Phi) is 8.85. The molecule has 2 heterocycles. The molecule has 3 aliphatic rings. The van der Waals surface area contributed by atoms with Crippen molar-refractivity contribution in [3.63, 3.8) is 0 Å². The molecule has 0 spiro atoms. The highest BCUT2D eigenvalue weighted by Gasteiger charge is 2.46. The van der Waals surface area contributed by atoms with Crippen molar-refractivity contribution in [3.05, 3.63) is 264 Å². The van der Waals surface area contributed by atoms with Crippen molar-refractivity contribution in [2.45, 2.75) is 17.4 Å². The minimum Gasteiger partial charge on any atom is -0.485 e. The van der Waals surface area contributed by atoms with Crippen molar-refractivity contribution in [1.29, 1.82) is 0 Å². The summed E-state index contributed by atoms with van der Waals surface area (Å²) in [6.45, 7) is 0. The molecule has 1 aromatic heterocycles. The fourth-order valence-electron chi connectivity index (χ4n) is 10.7. The predicted octanol–water partition coefficient (Wildman–Crippen LogP) is 14.7. The van der Waals surface area contributed by atoms with Gasteiger partial charge in [-0.05, 0) is 103 Å². The summed E-state index contributed by atoms with van der Waals surface area (Å²) in [7, 11) is 0. The van der Waals surface area contributed by atoms with E-state index in [4.69, 9.17) is 19.7 Å². The van der Waals surface area contributed by atoms with Gasteiger partial charge in [0, 0.05) is 28.2 Å². The second-order valence-electron chi connectivity index (χ2n) is 17.4. The number of benzene rings is 9. The zero-order valence-corrected chi connectivity index (χ0v) is 35.9. The maximum Gasteiger partial charge on any atom is 0.164 e. The summed E-state index contributed by atoms with van der Waals surface area (Å²) in [4.78, 5) is 16.4. The minimum atomic E-state index is -0.571. The zero-order valence-electron chi connectivity index (χ0n) is 35.9. The van der Waals surface area contributed by atoms with E-state index in [9.17, 15) is 0 Å². The first-order chi connectivity index (χ1) is 32.7. The largest absolute Gasteiger partial charge is 0.485 e. The number of ether oxygens (including phenoxy) is 1. The summed E-state index contributed by atoms with van der Waals surface area (Å²) >= 11 is 0. The van der Waals surface area contributed by atoms with E-state index >= 15 is 0 Å². The minimum absolute atomic E-state index is 0.0174. The highest BCUT2D eigenvalue weighted by atomic mass is 16.5. The molecule has 13 rings (SSSR count). The molecule has 310 valence electrons. The van der Waals surface area contributed by atoms with E-state index in [1.807, 2.05) is 6.07 Å². The van der Waals surface area contributed by atoms with Crippen LogP contribution in [0.15, 0.2) is 237 Å². The van der Waals surface area contributed by atoms with E-state index in [0.29, 0.717) is 17.5 Å². The fourth-order valence-corrected chi connectivity index (χ4v) is 10.7. The van der Waals surface area contributed by atoms with Crippen LogP contribution >= 0.6 is 0 Å². The van der Waals surface area contributed by atoms with E-state index in [0.717, 1.165) is 49.9 Å². The summed E-state index contributed by atoms with van der Waals surface area (Å²) in [5.41, 5.74) is 15.1. The summed E-state index contributed by atoms with van der Waals surface area (Å²) in [6.07, 6.45) is 8.46. The molecular weight excluding hydrogens is 803 g/mol. The Morgan fingerprint density at radius 3 is 1.59 bits per heavy atom. The van der Waals surface area contributed by atoms with Gasteiger partial charge in [-0.25, -0.2) is 15.0 Å². The van der Waals surface area contributed by atoms with E-state index in [2.05, 4.69) is 231 Å². The van der Waals surface area contributed by atoms with Gasteiger partial charge in [0.1, 0.15) is 11.9 Å². The van der Waals surface area contributed by atoms with E-state index in [1.165, 1.54) is 44.5 Å². The molecule has 0 bridgehead atoms. The lowest BCUT2D eigenvalue weighted by Crippen LogP contribution is -2.28. The van der Waals surface area contributed by atoms with Crippen LogP contribution in [0.1, 0.15) is 33.7 Å². The molecule has 4 nitrogen and oxygen atoms in total. The van der Waals surface area contributed by atoms with Crippen LogP contribution in [0, 0.1) is 0 Å². The maximum atomic E-state index is 6.73. The van der Waals surface area contributed by atoms with Crippen LogP contribution in [0.3, 0.4) is 0 Å². The third kappa shape index (κ3) is 6.10. The van der Waals surface area contributed by atoms with Crippen LogP contribution in [0.25, 0.3) is 78.3 Å². The van der Waals surface area contributed by atoms with Gasteiger partial charge in [0.15, 0.2) is 17.5 Å². The van der Waals surface area contributed by atoms with Crippen molar-refractivity contribution < 1.29 is 4.74 Å². The smallest absolute Gasteiger partial charge is 0.164 e. The zero-order chi connectivity index (χ0) is 43.6. The number of aromatic nitrogens is 3. The first kappa shape index (κ1) is 38.0. The lowest BCUT2D eigenvalue weighted by Gasteiger charge is -2.34. The average molecular weight is 844 g/mol. The second kappa shape index (κ2) is 15.4. The Morgan fingerprint density at radius 1 is 0.364 bits per heavy atom. The number of nitrogens with zero attached hydrogens (tertiary/aromatic N) is 3. The Morgan fingerprint density at radius 2 is 0.894 bits per heavy atom. The number of rotatable bonds is 7. The summed E-state index contributed by atoms with van der Waals surface area (Å²) in [5.74, 6) is 2.70. The van der Waals surface area contributed by atoms with Crippen molar-refractivity contribution in [1.82, 2.24) is 15.0 Å². The molecule has 2 aliphatic carbocycles. The lowest BCUT2D eigenvalue weighted by atomic mass is 9.67. The van der Waals surface area contributed by atoms with Crippen LogP contribution < -0.4 is 4.74 Å². The van der Waals surface area contributed by atoms with Crippen molar-refractivity contribution in [2.75, 3.05) is 0 Å². The monoisotopic (exact) mass is 843 g/mol. The molecule has 0 amide bonds. The standard InChI is InChI=1S/C62H41N3O/c1-5-17-40(18-6-1)42-29-30-44-36-45(32-31-43(44)35-42)59-63-60(65-61(64-59)53-37-47(41-19-7-2-8-20-41)39-57-58(53)52-26-14-16-28-56(52)66-57)46-33-34-51-50-25-13-15-27-54(50)62(55(51)38-46,48-21-9-3-10-22-48)49-23-11-4-12-24-49/h1-39,52,56H. The Bertz CT molecular complexity index is 3520. The number of hydrogen-bond donors (Lipinski definition) is 0. The van der Waals surface area contributed by atoms with E-state index in [1.54, 1.807) is 0 Å². The predicted molar refractivity (Wildman–Crippen MR) is 267 cm³/mol. The van der Waals surface area contributed by atoms with E-state index in [-0.39, 0.29) is 12.0 Å². The summed E-state index contributed by atoms with van der Waals surface area (Å²) in [6, 6.07) is 76.1. The van der Waals surface area contributed by atoms with Gasteiger partial charge in [-0.2, -0.15) is 0 Å². The number of allylic oxidation sites excluding steroid dienone is 2. The van der Waals surface area contributed by atoms with Crippen LogP contribution in [-0.2, 0) is 5.41 Å². The molecule has 0 saturated carbocycles. The Balaban J connectivity index is 1.05. The van der Waals surface area contributed by atoms with Gasteiger partial charge in [-0.15, -0.1) is 0 Å². The van der Waals surface area contributed by atoms with Gasteiger partial charge in [0.2, 0.25) is 0 Å². The number of hydrogen-bond acceptors (Lipinski definition) is 4. The third-order valence-electron chi connectivity index (χ3n) is 13.7. The molecule has 2 atom stereocenters. The molecule has 2 unspecified atom stereocenters. The molecule has 9 aromatic carbocycles. The number of fused-ring (bicyclic) bond motifs is 7. The van der Waals surface area contributed by atoms with Gasteiger partial charge in [0.25, 0.3) is 0 Å². The molecule has 0 N–H and O–H groups in total. The van der Waals surface area contributed by atoms with Gasteiger partial charge in [-0.3, -0.25) is 0 Å². The molecular formula is C62H41N3O. The van der Waals surface area contributed by atoms with Crippen LogP contribution in [0.5, 0.6) is 5.75 Å². The first-order valence-corrected chi connectivity index (χ1v) is 22.7. The normalized spacial score (nSPS) is 16.0. The molecule has 10 aromatic rings. The molecule has 0 saturated heterocycles. The van der Waals surface area contributed by atoms with Gasteiger partial charge >= 0.3 is 0 Å². The summed E-state index contributed by atoms with van der Waals surface area (Å²) in [5, 5.41) is 2.27. The molecule has 66 heavy (non-hydrogen) atoms. The van der Waals surface area contributed by atoms with Crippen molar-refractivity contribution in [2.24, 2.45) is 0 Å². The van der Waals surface area contributed by atoms with Crippen LogP contribution in [0.4, 0.5) is 0 Å². The fraction of sp³-hybridized carbons (Fsp3) is 0.0484. The van der Waals surface area contributed by atoms with Crippen LogP contribution in [-0.4, -0.2) is 21.1 Å². The van der Waals surface area contributed by atoms with Crippen molar-refractivity contribution >= 4 is 10.8 Å². The average Bonchev–Trinajstić information content (AvgIpc) is 3.92. The molecule has 0 fully saturated rings. The maximum absolute atomic E-state index is 6.73. The van der Waals surface area contributed by atoms with Gasteiger partial charge in [0.05, 0.1) is 5.41 Å². The molecule has 1 aliphatic heterocycles. The topological polar surface area (TPSA) is 47.9 Å². The van der Waals surface area contributed by atoms with E-state index < -0.39 is 5.41 Å². The molecule has 0 radical (unpaired) electrons. The third-order valence-corrected chi connectivity index (χ3v) is 13.7. The van der Waals surface area contributed by atoms with Crippen LogP contribution in [0.2, 0.25) is 0 Å². The highest BCUT2D eigenvalue weighted by molar-refractivity contribution is 5.91. The Hall–Kier alpha value is -8.47. The highest BCUT2D eigenvalue weighted by Crippen LogP contribution is 2.57. The first-order valence-electron chi connectivity index (χ1n) is 22.7. The van der Waals surface area contributed by atoms with Crippen molar-refractivity contribution in [3.8, 4) is 73.3 Å². The molecule has 4 heteroatoms. The second-order valence-corrected chi connectivity index (χ2v) is 17.4. The Labute approximate surface area is 384 Å². The van der Waals surface area contributed by atoms with Gasteiger partial charge in [-0.1, -0.05) is 200 Å². The summed E-state index contributed by atoms with van der Waals surface area (Å²) < 4.78 is 6.73. The lowest BCUT2D eigenvalue weighted by molar-refractivity contribution is 0.269.